The van der Waals surface area contributed by atoms with Gasteiger partial charge in [0, 0.05) is 7.11 Å². The molecule has 2 atom stereocenters. The van der Waals surface area contributed by atoms with Crippen LogP contribution in [-0.2, 0) is 4.74 Å². The van der Waals surface area contributed by atoms with Gasteiger partial charge in [-0.25, -0.2) is 0 Å². The molecule has 1 saturated carbocycles. The van der Waals surface area contributed by atoms with Crippen LogP contribution in [0.4, 0.5) is 5.69 Å². The van der Waals surface area contributed by atoms with Crippen molar-refractivity contribution in [1.29, 1.82) is 0 Å². The van der Waals surface area contributed by atoms with Crippen LogP contribution < -0.4 is 10.1 Å². The number of para-hydroxylation sites is 2. The van der Waals surface area contributed by atoms with Crippen LogP contribution in [0.15, 0.2) is 24.3 Å². The van der Waals surface area contributed by atoms with Gasteiger partial charge in [0.25, 0.3) is 0 Å². The second kappa shape index (κ2) is 5.92. The Balaban J connectivity index is 2.08. The molecule has 0 aliphatic heterocycles. The second-order valence-electron chi connectivity index (χ2n) is 4.51. The van der Waals surface area contributed by atoms with Crippen molar-refractivity contribution in [2.24, 2.45) is 0 Å². The van der Waals surface area contributed by atoms with Gasteiger partial charge in [-0.1, -0.05) is 25.0 Å². The molecule has 0 aromatic heterocycles. The molecule has 17 heavy (non-hydrogen) atoms. The van der Waals surface area contributed by atoms with Crippen LogP contribution >= 0.6 is 0 Å². The van der Waals surface area contributed by atoms with E-state index in [-0.39, 0.29) is 0 Å². The van der Waals surface area contributed by atoms with Crippen LogP contribution in [0.3, 0.4) is 0 Å². The monoisotopic (exact) mass is 235 g/mol. The van der Waals surface area contributed by atoms with Crippen molar-refractivity contribution in [2.75, 3.05) is 19.5 Å². The van der Waals surface area contributed by atoms with Crippen molar-refractivity contribution in [3.8, 4) is 5.75 Å². The van der Waals surface area contributed by atoms with E-state index in [0.29, 0.717) is 12.1 Å². The Morgan fingerprint density at radius 2 is 1.88 bits per heavy atom. The van der Waals surface area contributed by atoms with E-state index in [0.717, 1.165) is 24.3 Å². The summed E-state index contributed by atoms with van der Waals surface area (Å²) in [6.45, 7) is 0. The zero-order chi connectivity index (χ0) is 12.1. The van der Waals surface area contributed by atoms with Crippen molar-refractivity contribution < 1.29 is 9.47 Å². The highest BCUT2D eigenvalue weighted by Gasteiger charge is 2.25. The maximum atomic E-state index is 5.55. The predicted octanol–water partition coefficient (Wildman–Crippen LogP) is 3.06. The molecule has 2 unspecified atom stereocenters. The Labute approximate surface area is 103 Å². The van der Waals surface area contributed by atoms with Gasteiger partial charge in [-0.05, 0) is 25.0 Å². The van der Waals surface area contributed by atoms with Crippen LogP contribution in [0.2, 0.25) is 0 Å². The number of benzene rings is 1. The summed E-state index contributed by atoms with van der Waals surface area (Å²) in [6.07, 6.45) is 5.16. The molecule has 0 radical (unpaired) electrons. The summed E-state index contributed by atoms with van der Waals surface area (Å²) in [5, 5.41) is 3.55. The number of hydrogen-bond donors (Lipinski definition) is 1. The van der Waals surface area contributed by atoms with Crippen LogP contribution in [0.25, 0.3) is 0 Å². The van der Waals surface area contributed by atoms with E-state index >= 15 is 0 Å². The maximum absolute atomic E-state index is 5.55. The summed E-state index contributed by atoms with van der Waals surface area (Å²) in [5.41, 5.74) is 1.06. The summed E-state index contributed by atoms with van der Waals surface area (Å²) in [6, 6.07) is 8.44. The summed E-state index contributed by atoms with van der Waals surface area (Å²) >= 11 is 0. The minimum atomic E-state index is 0.314. The molecule has 0 heterocycles. The zero-order valence-electron chi connectivity index (χ0n) is 10.6. The molecular weight excluding hydrogens is 214 g/mol. The number of ether oxygens (including phenoxy) is 2. The van der Waals surface area contributed by atoms with E-state index in [1.54, 1.807) is 14.2 Å². The quantitative estimate of drug-likeness (QED) is 0.870. The van der Waals surface area contributed by atoms with E-state index < -0.39 is 0 Å². The Hall–Kier alpha value is -1.22. The molecule has 0 spiro atoms. The standard InChI is InChI=1S/C14H21NO2/c1-16-13-9-5-3-7-11(13)15-12-8-4-6-10-14(12)17-2/h3,5,7,9,12,14-15H,4,6,8,10H2,1-2H3. The minimum Gasteiger partial charge on any atom is -0.495 e. The molecule has 1 fully saturated rings. The molecule has 0 bridgehead atoms. The molecule has 0 saturated heterocycles. The number of rotatable bonds is 4. The molecule has 1 aliphatic rings. The first-order chi connectivity index (χ1) is 8.35. The maximum Gasteiger partial charge on any atom is 0.141 e. The molecule has 3 heteroatoms. The predicted molar refractivity (Wildman–Crippen MR) is 69.7 cm³/mol. The van der Waals surface area contributed by atoms with E-state index in [4.69, 9.17) is 9.47 Å². The molecule has 1 aromatic carbocycles. The van der Waals surface area contributed by atoms with Gasteiger partial charge >= 0.3 is 0 Å². The van der Waals surface area contributed by atoms with E-state index in [1.165, 1.54) is 12.8 Å². The lowest BCUT2D eigenvalue weighted by atomic mass is 9.92. The van der Waals surface area contributed by atoms with Crippen LogP contribution in [0, 0.1) is 0 Å². The minimum absolute atomic E-state index is 0.314. The largest absolute Gasteiger partial charge is 0.495 e. The fourth-order valence-corrected chi connectivity index (χ4v) is 2.51. The third kappa shape index (κ3) is 2.91. The lowest BCUT2D eigenvalue weighted by Crippen LogP contribution is -2.37. The number of anilines is 1. The first-order valence-electron chi connectivity index (χ1n) is 6.27. The van der Waals surface area contributed by atoms with Gasteiger partial charge in [0.05, 0.1) is 24.9 Å². The molecule has 2 rings (SSSR count). The zero-order valence-corrected chi connectivity index (χ0v) is 10.6. The third-order valence-electron chi connectivity index (χ3n) is 3.45. The van der Waals surface area contributed by atoms with Crippen molar-refractivity contribution in [1.82, 2.24) is 0 Å². The van der Waals surface area contributed by atoms with Gasteiger partial charge in [-0.2, -0.15) is 0 Å². The van der Waals surface area contributed by atoms with Gasteiger partial charge in [-0.3, -0.25) is 0 Å². The molecule has 3 nitrogen and oxygen atoms in total. The van der Waals surface area contributed by atoms with E-state index in [9.17, 15) is 0 Å². The Morgan fingerprint density at radius 1 is 1.12 bits per heavy atom. The van der Waals surface area contributed by atoms with Gasteiger partial charge in [0.1, 0.15) is 5.75 Å². The highest BCUT2D eigenvalue weighted by molar-refractivity contribution is 5.56. The molecule has 1 aliphatic carbocycles. The number of hydrogen-bond acceptors (Lipinski definition) is 3. The van der Waals surface area contributed by atoms with Crippen molar-refractivity contribution in [3.63, 3.8) is 0 Å². The lowest BCUT2D eigenvalue weighted by molar-refractivity contribution is 0.0605. The summed E-state index contributed by atoms with van der Waals surface area (Å²) in [4.78, 5) is 0. The molecule has 1 aromatic rings. The Bertz CT molecular complexity index is 354. The Kier molecular flexibility index (Phi) is 4.26. The van der Waals surface area contributed by atoms with Crippen molar-refractivity contribution in [3.05, 3.63) is 24.3 Å². The molecule has 1 N–H and O–H groups in total. The van der Waals surface area contributed by atoms with Gasteiger partial charge in [0.15, 0.2) is 0 Å². The average molecular weight is 235 g/mol. The van der Waals surface area contributed by atoms with Crippen molar-refractivity contribution >= 4 is 5.69 Å². The van der Waals surface area contributed by atoms with E-state index in [1.807, 2.05) is 18.2 Å². The molecule has 0 amide bonds. The second-order valence-corrected chi connectivity index (χ2v) is 4.51. The Morgan fingerprint density at radius 3 is 2.65 bits per heavy atom. The van der Waals surface area contributed by atoms with Crippen LogP contribution in [0.1, 0.15) is 25.7 Å². The SMILES string of the molecule is COc1ccccc1NC1CCCCC1OC. The first-order valence-corrected chi connectivity index (χ1v) is 6.27. The van der Waals surface area contributed by atoms with Crippen molar-refractivity contribution in [2.45, 2.75) is 37.8 Å². The van der Waals surface area contributed by atoms with Gasteiger partial charge in [-0.15, -0.1) is 0 Å². The van der Waals surface area contributed by atoms with Gasteiger partial charge < -0.3 is 14.8 Å². The summed E-state index contributed by atoms with van der Waals surface area (Å²) in [7, 11) is 3.50. The smallest absolute Gasteiger partial charge is 0.141 e. The van der Waals surface area contributed by atoms with Gasteiger partial charge in [0.2, 0.25) is 0 Å². The first kappa shape index (κ1) is 12.2. The fourth-order valence-electron chi connectivity index (χ4n) is 2.51. The highest BCUT2D eigenvalue weighted by Crippen LogP contribution is 2.29. The highest BCUT2D eigenvalue weighted by atomic mass is 16.5. The van der Waals surface area contributed by atoms with E-state index in [2.05, 4.69) is 11.4 Å². The topological polar surface area (TPSA) is 30.5 Å². The average Bonchev–Trinajstić information content (AvgIpc) is 2.40. The normalized spacial score (nSPS) is 24.4. The number of methoxy groups -OCH3 is 2. The fraction of sp³-hybridized carbons (Fsp3) is 0.571. The van der Waals surface area contributed by atoms with Crippen LogP contribution in [0.5, 0.6) is 5.75 Å². The number of nitrogens with one attached hydrogen (secondary N) is 1. The summed E-state index contributed by atoms with van der Waals surface area (Å²) < 4.78 is 10.9. The lowest BCUT2D eigenvalue weighted by Gasteiger charge is -2.32. The molecule has 94 valence electrons. The van der Waals surface area contributed by atoms with Crippen LogP contribution in [-0.4, -0.2) is 26.4 Å². The summed E-state index contributed by atoms with van der Waals surface area (Å²) in [5.74, 6) is 0.896. The molecular formula is C14H21NO2. The third-order valence-corrected chi connectivity index (χ3v) is 3.45.